The summed E-state index contributed by atoms with van der Waals surface area (Å²) in [6.45, 7) is 2.12. The lowest BCUT2D eigenvalue weighted by Crippen LogP contribution is -2.29. The Bertz CT molecular complexity index is 971. The van der Waals surface area contributed by atoms with Crippen molar-refractivity contribution in [3.63, 3.8) is 0 Å². The number of ketones is 1. The van der Waals surface area contributed by atoms with E-state index in [0.717, 1.165) is 25.7 Å². The van der Waals surface area contributed by atoms with Crippen LogP contribution in [0.15, 0.2) is 115 Å². The van der Waals surface area contributed by atoms with Crippen molar-refractivity contribution in [2.45, 2.75) is 39.0 Å². The molecule has 3 aromatic rings. The monoisotopic (exact) mass is 439 g/mol. The van der Waals surface area contributed by atoms with Gasteiger partial charge in [-0.15, -0.1) is 0 Å². The summed E-state index contributed by atoms with van der Waals surface area (Å²) in [5, 5.41) is 4.16. The maximum atomic E-state index is 11.6. The summed E-state index contributed by atoms with van der Waals surface area (Å²) in [5.41, 5.74) is 1.27. The zero-order valence-electron chi connectivity index (χ0n) is 18.9. The lowest BCUT2D eigenvalue weighted by molar-refractivity contribution is -0.115. The van der Waals surface area contributed by atoms with Crippen LogP contribution in [0.3, 0.4) is 0 Å². The molecule has 1 atom stereocenters. The maximum absolute atomic E-state index is 11.6. The number of hydrogen-bond acceptors (Lipinski definition) is 1. The van der Waals surface area contributed by atoms with Crippen LogP contribution in [0.25, 0.3) is 0 Å². The molecule has 1 unspecified atom stereocenters. The van der Waals surface area contributed by atoms with E-state index in [1.807, 2.05) is 6.08 Å². The van der Waals surface area contributed by atoms with E-state index < -0.39 is 7.26 Å². The smallest absolute Gasteiger partial charge is 0.155 e. The van der Waals surface area contributed by atoms with E-state index >= 15 is 0 Å². The molecule has 1 aliphatic rings. The van der Waals surface area contributed by atoms with Crippen LogP contribution in [0.4, 0.5) is 0 Å². The third-order valence-corrected chi connectivity index (χ3v) is 10.5. The zero-order valence-corrected chi connectivity index (χ0v) is 19.8. The molecule has 0 amide bonds. The van der Waals surface area contributed by atoms with Gasteiger partial charge in [-0.25, -0.2) is 0 Å². The molecule has 1 aliphatic carbocycles. The van der Waals surface area contributed by atoms with Gasteiger partial charge in [0.05, 0.1) is 5.82 Å². The van der Waals surface area contributed by atoms with Crippen LogP contribution >= 0.6 is 7.26 Å². The second-order valence-corrected chi connectivity index (χ2v) is 11.9. The largest absolute Gasteiger partial charge is 0.295 e. The number of rotatable bonds is 8. The van der Waals surface area contributed by atoms with Crippen LogP contribution in [0.5, 0.6) is 0 Å². The highest BCUT2D eigenvalue weighted by Gasteiger charge is 2.42. The van der Waals surface area contributed by atoms with Gasteiger partial charge in [-0.05, 0) is 87.1 Å². The fourth-order valence-electron chi connectivity index (χ4n) is 4.77. The minimum atomic E-state index is -1.88. The molecule has 1 nitrogen and oxygen atoms in total. The van der Waals surface area contributed by atoms with Crippen LogP contribution in [-0.4, -0.2) is 5.78 Å². The highest BCUT2D eigenvalue weighted by atomic mass is 31.2. The van der Waals surface area contributed by atoms with Crippen molar-refractivity contribution < 1.29 is 4.79 Å². The van der Waals surface area contributed by atoms with Gasteiger partial charge < -0.3 is 0 Å². The molecule has 0 saturated carbocycles. The van der Waals surface area contributed by atoms with Gasteiger partial charge in [0.2, 0.25) is 0 Å². The number of carbonyl (C=O) groups excluding carboxylic acids is 1. The van der Waals surface area contributed by atoms with E-state index in [-0.39, 0.29) is 0 Å². The molecule has 2 heteroatoms. The predicted octanol–water partition coefficient (Wildman–Crippen LogP) is 6.59. The Kier molecular flexibility index (Phi) is 7.51. The Morgan fingerprint density at radius 3 is 1.78 bits per heavy atom. The SMILES string of the molecule is CC1=CC(=O)CCC1CCCC=C[P+](c1ccccc1)(c1ccccc1)c1ccccc1. The molecule has 0 bridgehead atoms. The summed E-state index contributed by atoms with van der Waals surface area (Å²) in [7, 11) is -1.88. The number of hydrogen-bond donors (Lipinski definition) is 0. The van der Waals surface area contributed by atoms with Gasteiger partial charge in [-0.1, -0.05) is 60.2 Å². The van der Waals surface area contributed by atoms with Crippen molar-refractivity contribution in [3.8, 4) is 0 Å². The summed E-state index contributed by atoms with van der Waals surface area (Å²) >= 11 is 0. The molecule has 0 saturated heterocycles. The molecule has 0 aromatic heterocycles. The lowest BCUT2D eigenvalue weighted by atomic mass is 9.84. The van der Waals surface area contributed by atoms with Gasteiger partial charge in [0, 0.05) is 6.42 Å². The van der Waals surface area contributed by atoms with E-state index in [1.165, 1.54) is 21.5 Å². The molecular weight excluding hydrogens is 407 g/mol. The minimum absolute atomic E-state index is 0.293. The second-order valence-electron chi connectivity index (χ2n) is 8.64. The van der Waals surface area contributed by atoms with Crippen LogP contribution in [-0.2, 0) is 4.79 Å². The third kappa shape index (κ3) is 5.00. The number of benzene rings is 3. The Morgan fingerprint density at radius 2 is 1.31 bits per heavy atom. The first-order valence-electron chi connectivity index (χ1n) is 11.6. The zero-order chi connectivity index (χ0) is 22.2. The standard InChI is InChI=1S/C30H32OP/c1-25-24-27(31)22-21-26(25)14-6-5-13-23-32(28-15-7-2-8-16-28,29-17-9-3-10-18-29)30-19-11-4-12-20-30/h2-4,7-13,15-20,23-24,26H,5-6,14,21-22H2,1H3/q+1. The average Bonchev–Trinajstić information content (AvgIpc) is 2.84. The molecule has 0 aliphatic heterocycles. The van der Waals surface area contributed by atoms with Crippen LogP contribution < -0.4 is 15.9 Å². The highest BCUT2D eigenvalue weighted by molar-refractivity contribution is 7.98. The number of unbranched alkanes of at least 4 members (excludes halogenated alkanes) is 1. The summed E-state index contributed by atoms with van der Waals surface area (Å²) < 4.78 is 0. The summed E-state index contributed by atoms with van der Waals surface area (Å²) in [4.78, 5) is 11.6. The van der Waals surface area contributed by atoms with E-state index in [0.29, 0.717) is 18.1 Å². The maximum Gasteiger partial charge on any atom is 0.155 e. The average molecular weight is 440 g/mol. The third-order valence-electron chi connectivity index (χ3n) is 6.51. The summed E-state index contributed by atoms with van der Waals surface area (Å²) in [6, 6.07) is 32.9. The molecule has 0 N–H and O–H groups in total. The first kappa shape index (κ1) is 22.4. The van der Waals surface area contributed by atoms with Crippen molar-refractivity contribution in [1.29, 1.82) is 0 Å². The molecule has 0 heterocycles. The fraction of sp³-hybridized carbons (Fsp3) is 0.233. The quantitative estimate of drug-likeness (QED) is 0.286. The molecule has 162 valence electrons. The lowest BCUT2D eigenvalue weighted by Gasteiger charge is -2.24. The van der Waals surface area contributed by atoms with Gasteiger partial charge in [0.1, 0.15) is 23.2 Å². The van der Waals surface area contributed by atoms with Gasteiger partial charge >= 0.3 is 0 Å². The van der Waals surface area contributed by atoms with E-state index in [2.05, 4.69) is 110 Å². The van der Waals surface area contributed by atoms with Crippen LogP contribution in [0.2, 0.25) is 0 Å². The van der Waals surface area contributed by atoms with Crippen LogP contribution in [0.1, 0.15) is 39.0 Å². The second kappa shape index (κ2) is 10.7. The molecule has 32 heavy (non-hydrogen) atoms. The first-order chi connectivity index (χ1) is 15.7. The molecule has 3 aromatic carbocycles. The molecule has 0 radical (unpaired) electrons. The number of carbonyl (C=O) groups is 1. The summed E-state index contributed by atoms with van der Waals surface area (Å²) in [5.74, 6) is 3.37. The van der Waals surface area contributed by atoms with Crippen molar-refractivity contribution in [3.05, 3.63) is 115 Å². The highest BCUT2D eigenvalue weighted by Crippen LogP contribution is 2.56. The minimum Gasteiger partial charge on any atom is -0.295 e. The Morgan fingerprint density at radius 1 is 0.812 bits per heavy atom. The van der Waals surface area contributed by atoms with Crippen LogP contribution in [0, 0.1) is 5.92 Å². The van der Waals surface area contributed by atoms with Crippen molar-refractivity contribution in [2.75, 3.05) is 0 Å². The normalized spacial score (nSPS) is 16.8. The Balaban J connectivity index is 1.63. The van der Waals surface area contributed by atoms with E-state index in [9.17, 15) is 4.79 Å². The van der Waals surface area contributed by atoms with Gasteiger partial charge in [-0.2, -0.15) is 0 Å². The molecule has 0 fully saturated rings. The van der Waals surface area contributed by atoms with Gasteiger partial charge in [-0.3, -0.25) is 4.79 Å². The van der Waals surface area contributed by atoms with Crippen molar-refractivity contribution >= 4 is 29.0 Å². The Hall–Kier alpha value is -2.76. The van der Waals surface area contributed by atoms with Gasteiger partial charge in [0.15, 0.2) is 5.78 Å². The Labute approximate surface area is 193 Å². The first-order valence-corrected chi connectivity index (χ1v) is 13.5. The van der Waals surface area contributed by atoms with Gasteiger partial charge in [0.25, 0.3) is 0 Å². The fourth-order valence-corrected chi connectivity index (χ4v) is 8.57. The van der Waals surface area contributed by atoms with E-state index in [1.54, 1.807) is 0 Å². The summed E-state index contributed by atoms with van der Waals surface area (Å²) in [6.07, 6.45) is 9.37. The predicted molar refractivity (Wildman–Crippen MR) is 140 cm³/mol. The number of allylic oxidation sites excluding steroid dienone is 3. The topological polar surface area (TPSA) is 17.1 Å². The van der Waals surface area contributed by atoms with Crippen molar-refractivity contribution in [2.24, 2.45) is 5.92 Å². The molecule has 4 rings (SSSR count). The van der Waals surface area contributed by atoms with Crippen molar-refractivity contribution in [1.82, 2.24) is 0 Å². The van der Waals surface area contributed by atoms with E-state index in [4.69, 9.17) is 0 Å². The molecular formula is C30H32OP+. The molecule has 0 spiro atoms.